The molecule has 2 aliphatic rings. The number of aromatic amines is 1. The van der Waals surface area contributed by atoms with Crippen LogP contribution in [0.4, 0.5) is 0 Å². The van der Waals surface area contributed by atoms with E-state index in [2.05, 4.69) is 40.2 Å². The first kappa shape index (κ1) is 20.7. The summed E-state index contributed by atoms with van der Waals surface area (Å²) in [6, 6.07) is 16.0. The molecular formula is C25H25ClN2OS. The Labute approximate surface area is 188 Å². The fourth-order valence-electron chi connectivity index (χ4n) is 4.14. The lowest BCUT2D eigenvalue weighted by Crippen LogP contribution is -2.34. The molecule has 30 heavy (non-hydrogen) atoms. The Bertz CT molecular complexity index is 1090. The summed E-state index contributed by atoms with van der Waals surface area (Å²) in [5, 5.41) is 2.04. The molecule has 5 rings (SSSR count). The molecule has 5 heteroatoms. The number of nitrogens with zero attached hydrogens (tertiary/aromatic N) is 1. The SMILES string of the molecule is COc1ccccc1.S=CN1CCc2c([nH]c3ccc(Cl)cc23)C1C1=CCCC=C1. The number of hydrogen-bond acceptors (Lipinski definition) is 2. The summed E-state index contributed by atoms with van der Waals surface area (Å²) in [6.45, 7) is 0.950. The largest absolute Gasteiger partial charge is 0.497 e. The Morgan fingerprint density at radius 3 is 2.67 bits per heavy atom. The number of allylic oxidation sites excluding steroid dienone is 2. The molecule has 1 aliphatic heterocycles. The molecule has 1 N–H and O–H groups in total. The molecule has 2 heterocycles. The van der Waals surface area contributed by atoms with Crippen LogP contribution >= 0.6 is 23.8 Å². The molecule has 0 saturated heterocycles. The number of benzene rings is 2. The highest BCUT2D eigenvalue weighted by atomic mass is 35.5. The molecule has 1 aliphatic carbocycles. The molecule has 3 aromatic rings. The summed E-state index contributed by atoms with van der Waals surface area (Å²) < 4.78 is 4.91. The summed E-state index contributed by atoms with van der Waals surface area (Å²) in [5.41, 5.74) is 6.95. The highest BCUT2D eigenvalue weighted by Crippen LogP contribution is 2.39. The van der Waals surface area contributed by atoms with Crippen LogP contribution in [0, 0.1) is 0 Å². The standard InChI is InChI=1S/C18H17ClN2S.C7H8O/c19-13-6-7-16-15(10-13)14-8-9-21(11-22)18(17(14)20-16)12-4-2-1-3-5-12;1-8-7-5-3-2-4-6-7/h2,4-7,10-11,18,20H,1,3,8-9H2;2-6H,1H3. The van der Waals surface area contributed by atoms with Crippen molar-refractivity contribution in [2.24, 2.45) is 0 Å². The second kappa shape index (κ2) is 9.50. The normalized spacial score (nSPS) is 17.6. The van der Waals surface area contributed by atoms with Crippen LogP contribution in [0.2, 0.25) is 5.02 Å². The van der Waals surface area contributed by atoms with Crippen molar-refractivity contribution >= 4 is 40.2 Å². The first-order valence-electron chi connectivity index (χ1n) is 10.2. The monoisotopic (exact) mass is 436 g/mol. The van der Waals surface area contributed by atoms with Gasteiger partial charge >= 0.3 is 0 Å². The van der Waals surface area contributed by atoms with E-state index in [9.17, 15) is 0 Å². The Balaban J connectivity index is 0.000000230. The summed E-state index contributed by atoms with van der Waals surface area (Å²) in [6.07, 6.45) is 10.1. The molecule has 2 aromatic carbocycles. The molecule has 0 radical (unpaired) electrons. The van der Waals surface area contributed by atoms with Crippen LogP contribution in [0.5, 0.6) is 5.75 Å². The van der Waals surface area contributed by atoms with Crippen LogP contribution in [0.25, 0.3) is 10.9 Å². The number of halogens is 1. The van der Waals surface area contributed by atoms with Crippen LogP contribution < -0.4 is 4.74 Å². The third kappa shape index (κ3) is 4.30. The molecule has 1 unspecified atom stereocenters. The van der Waals surface area contributed by atoms with Crippen molar-refractivity contribution in [3.8, 4) is 5.75 Å². The van der Waals surface area contributed by atoms with Gasteiger partial charge in [-0.3, -0.25) is 0 Å². The van der Waals surface area contributed by atoms with Crippen molar-refractivity contribution in [3.63, 3.8) is 0 Å². The summed E-state index contributed by atoms with van der Waals surface area (Å²) >= 11 is 11.5. The van der Waals surface area contributed by atoms with Crippen LogP contribution in [-0.2, 0) is 6.42 Å². The summed E-state index contributed by atoms with van der Waals surface area (Å²) in [7, 11) is 1.66. The van der Waals surface area contributed by atoms with Crippen LogP contribution in [-0.4, -0.2) is 29.0 Å². The highest BCUT2D eigenvalue weighted by Gasteiger charge is 2.30. The Hall–Kier alpha value is -2.56. The van der Waals surface area contributed by atoms with Crippen molar-refractivity contribution in [2.45, 2.75) is 25.3 Å². The van der Waals surface area contributed by atoms with Gasteiger partial charge in [-0.15, -0.1) is 0 Å². The topological polar surface area (TPSA) is 28.3 Å². The van der Waals surface area contributed by atoms with E-state index in [1.807, 2.05) is 36.4 Å². The van der Waals surface area contributed by atoms with E-state index < -0.39 is 0 Å². The number of hydrogen-bond donors (Lipinski definition) is 1. The third-order valence-electron chi connectivity index (χ3n) is 5.58. The van der Waals surface area contributed by atoms with E-state index >= 15 is 0 Å². The highest BCUT2D eigenvalue weighted by molar-refractivity contribution is 7.78. The van der Waals surface area contributed by atoms with Gasteiger partial charge in [-0.05, 0) is 60.7 Å². The zero-order chi connectivity index (χ0) is 20.9. The summed E-state index contributed by atoms with van der Waals surface area (Å²) in [4.78, 5) is 5.87. The molecular weight excluding hydrogens is 412 g/mol. The molecule has 3 nitrogen and oxygen atoms in total. The average Bonchev–Trinajstić information content (AvgIpc) is 3.17. The number of aromatic nitrogens is 1. The molecule has 0 spiro atoms. The maximum atomic E-state index is 6.19. The third-order valence-corrected chi connectivity index (χ3v) is 6.09. The van der Waals surface area contributed by atoms with Gasteiger partial charge < -0.3 is 14.6 Å². The minimum Gasteiger partial charge on any atom is -0.497 e. The van der Waals surface area contributed by atoms with Crippen molar-refractivity contribution < 1.29 is 4.74 Å². The van der Waals surface area contributed by atoms with E-state index in [0.29, 0.717) is 0 Å². The fourth-order valence-corrected chi connectivity index (χ4v) is 4.54. The molecule has 154 valence electrons. The van der Waals surface area contributed by atoms with Gasteiger partial charge in [-0.25, -0.2) is 0 Å². The predicted octanol–water partition coefficient (Wildman–Crippen LogP) is 6.65. The molecule has 0 bridgehead atoms. The van der Waals surface area contributed by atoms with Gasteiger partial charge in [0, 0.05) is 28.2 Å². The van der Waals surface area contributed by atoms with E-state index in [4.69, 9.17) is 28.6 Å². The fraction of sp³-hybridized carbons (Fsp3) is 0.240. The first-order valence-corrected chi connectivity index (χ1v) is 11.0. The second-order valence-corrected chi connectivity index (χ2v) is 8.05. The molecule has 0 amide bonds. The van der Waals surface area contributed by atoms with Gasteiger partial charge in [0.05, 0.1) is 18.6 Å². The number of para-hydroxylation sites is 1. The molecule has 0 fully saturated rings. The second-order valence-electron chi connectivity index (χ2n) is 7.40. The van der Waals surface area contributed by atoms with E-state index in [-0.39, 0.29) is 6.04 Å². The molecule has 1 aromatic heterocycles. The lowest BCUT2D eigenvalue weighted by atomic mass is 9.90. The van der Waals surface area contributed by atoms with Gasteiger partial charge in [0.25, 0.3) is 0 Å². The van der Waals surface area contributed by atoms with E-state index in [0.717, 1.165) is 42.1 Å². The summed E-state index contributed by atoms with van der Waals surface area (Å²) in [5.74, 6) is 0.910. The number of nitrogens with one attached hydrogen (secondary N) is 1. The van der Waals surface area contributed by atoms with Crippen LogP contribution in [0.1, 0.15) is 30.1 Å². The smallest absolute Gasteiger partial charge is 0.118 e. The number of fused-ring (bicyclic) bond motifs is 3. The molecule has 0 saturated carbocycles. The predicted molar refractivity (Wildman–Crippen MR) is 130 cm³/mol. The van der Waals surface area contributed by atoms with Gasteiger partial charge in [0.15, 0.2) is 0 Å². The minimum absolute atomic E-state index is 0.198. The lowest BCUT2D eigenvalue weighted by Gasteiger charge is -2.35. The number of ether oxygens (including phenoxy) is 1. The maximum absolute atomic E-state index is 6.19. The maximum Gasteiger partial charge on any atom is 0.118 e. The number of rotatable bonds is 3. The molecule has 1 atom stereocenters. The Morgan fingerprint density at radius 1 is 1.17 bits per heavy atom. The zero-order valence-corrected chi connectivity index (χ0v) is 18.5. The Kier molecular flexibility index (Phi) is 6.56. The number of thiocarbonyl (C=S) groups is 1. The van der Waals surface area contributed by atoms with Crippen molar-refractivity contribution in [1.82, 2.24) is 9.88 Å². The average molecular weight is 437 g/mol. The quantitative estimate of drug-likeness (QED) is 0.466. The van der Waals surface area contributed by atoms with Crippen molar-refractivity contribution in [1.29, 1.82) is 0 Å². The number of H-pyrrole nitrogens is 1. The van der Waals surface area contributed by atoms with Crippen molar-refractivity contribution in [2.75, 3.05) is 13.7 Å². The van der Waals surface area contributed by atoms with Gasteiger partial charge in [0.2, 0.25) is 0 Å². The lowest BCUT2D eigenvalue weighted by molar-refractivity contribution is 0.347. The van der Waals surface area contributed by atoms with E-state index in [1.54, 1.807) is 12.6 Å². The van der Waals surface area contributed by atoms with Gasteiger partial charge in [-0.2, -0.15) is 0 Å². The Morgan fingerprint density at radius 2 is 2.00 bits per heavy atom. The zero-order valence-electron chi connectivity index (χ0n) is 17.0. The van der Waals surface area contributed by atoms with Gasteiger partial charge in [0.1, 0.15) is 5.75 Å². The van der Waals surface area contributed by atoms with Crippen LogP contribution in [0.15, 0.2) is 72.3 Å². The van der Waals surface area contributed by atoms with E-state index in [1.165, 1.54) is 22.2 Å². The number of methoxy groups -OCH3 is 1. The van der Waals surface area contributed by atoms with Gasteiger partial charge in [-0.1, -0.05) is 60.2 Å². The van der Waals surface area contributed by atoms with Crippen LogP contribution in [0.3, 0.4) is 0 Å². The minimum atomic E-state index is 0.198. The first-order chi connectivity index (χ1) is 14.7. The van der Waals surface area contributed by atoms with Crippen molar-refractivity contribution in [3.05, 3.63) is 88.6 Å².